The second-order valence-corrected chi connectivity index (χ2v) is 7.01. The van der Waals surface area contributed by atoms with Crippen LogP contribution in [0.15, 0.2) is 59.5 Å². The van der Waals surface area contributed by atoms with E-state index < -0.39 is 26.8 Å². The molecule has 0 fully saturated rings. The number of hydrogen-bond donors (Lipinski definition) is 2. The van der Waals surface area contributed by atoms with Crippen molar-refractivity contribution >= 4 is 39.3 Å². The Morgan fingerprint density at radius 3 is 2.30 bits per heavy atom. The van der Waals surface area contributed by atoms with E-state index in [0.29, 0.717) is 5.69 Å². The van der Waals surface area contributed by atoms with Gasteiger partial charge in [0, 0.05) is 24.8 Å². The van der Waals surface area contributed by atoms with Crippen LogP contribution in [0.2, 0.25) is 0 Å². The number of nitro groups is 1. The molecule has 140 valence electrons. The van der Waals surface area contributed by atoms with Gasteiger partial charge in [-0.1, -0.05) is 12.1 Å². The molecule has 0 spiro atoms. The normalized spacial score (nSPS) is 11.1. The highest BCUT2D eigenvalue weighted by Gasteiger charge is 2.15. The molecule has 2 rings (SSSR count). The van der Waals surface area contributed by atoms with Crippen molar-refractivity contribution in [1.82, 2.24) is 4.72 Å². The van der Waals surface area contributed by atoms with Crippen molar-refractivity contribution in [3.63, 3.8) is 0 Å². The number of sulfonamides is 1. The van der Waals surface area contributed by atoms with E-state index in [4.69, 9.17) is 0 Å². The fraction of sp³-hybridized carbons (Fsp3) is 0.0588. The molecule has 0 aliphatic heterocycles. The molecule has 9 nitrogen and oxygen atoms in total. The number of nitrogens with zero attached hydrogens (tertiary/aromatic N) is 1. The maximum absolute atomic E-state index is 12.0. The summed E-state index contributed by atoms with van der Waals surface area (Å²) in [6.45, 7) is 1.08. The molecule has 0 bridgehead atoms. The standard InChI is InChI=1S/C17H15N3O6S/c1-12(21)19-27(25,26)15-9-7-14(8-10-15)18-17(22)11-6-13-4-2-3-5-16(13)20(23)24/h2-11H,1H3,(H,18,22)(H,19,21)/b11-6+. The predicted octanol–water partition coefficient (Wildman–Crippen LogP) is 2.07. The Bertz CT molecular complexity index is 1010. The molecule has 0 saturated heterocycles. The number of para-hydroxylation sites is 1. The van der Waals surface area contributed by atoms with Gasteiger partial charge < -0.3 is 5.32 Å². The van der Waals surface area contributed by atoms with Crippen molar-refractivity contribution in [3.05, 3.63) is 70.3 Å². The third kappa shape index (κ3) is 5.47. The lowest BCUT2D eigenvalue weighted by atomic mass is 10.1. The minimum atomic E-state index is -3.95. The van der Waals surface area contributed by atoms with Crippen molar-refractivity contribution in [2.75, 3.05) is 5.32 Å². The van der Waals surface area contributed by atoms with Gasteiger partial charge in [-0.15, -0.1) is 0 Å². The monoisotopic (exact) mass is 389 g/mol. The minimum Gasteiger partial charge on any atom is -0.323 e. The maximum atomic E-state index is 12.0. The van der Waals surface area contributed by atoms with Crippen LogP contribution in [0.5, 0.6) is 0 Å². The van der Waals surface area contributed by atoms with Crippen LogP contribution >= 0.6 is 0 Å². The van der Waals surface area contributed by atoms with Crippen molar-refractivity contribution in [3.8, 4) is 0 Å². The van der Waals surface area contributed by atoms with Crippen molar-refractivity contribution in [2.45, 2.75) is 11.8 Å². The van der Waals surface area contributed by atoms with E-state index >= 15 is 0 Å². The number of rotatable bonds is 6. The fourth-order valence-corrected chi connectivity index (χ4v) is 3.10. The molecule has 0 aliphatic carbocycles. The average Bonchev–Trinajstić information content (AvgIpc) is 2.59. The summed E-state index contributed by atoms with van der Waals surface area (Å²) >= 11 is 0. The summed E-state index contributed by atoms with van der Waals surface area (Å²) in [5.74, 6) is -1.27. The first-order valence-electron chi connectivity index (χ1n) is 7.55. The van der Waals surface area contributed by atoms with Crippen LogP contribution in [0.4, 0.5) is 11.4 Å². The van der Waals surface area contributed by atoms with Gasteiger partial charge in [0.15, 0.2) is 0 Å². The Hall–Kier alpha value is -3.53. The van der Waals surface area contributed by atoms with E-state index in [0.717, 1.165) is 13.0 Å². The number of benzene rings is 2. The Morgan fingerprint density at radius 2 is 1.70 bits per heavy atom. The van der Waals surface area contributed by atoms with Crippen molar-refractivity contribution in [2.24, 2.45) is 0 Å². The number of nitro benzene ring substituents is 1. The SMILES string of the molecule is CC(=O)NS(=O)(=O)c1ccc(NC(=O)/C=C/c2ccccc2[N+](=O)[O-])cc1. The Morgan fingerprint density at radius 1 is 1.07 bits per heavy atom. The van der Waals surface area contributed by atoms with E-state index in [1.807, 2.05) is 4.72 Å². The van der Waals surface area contributed by atoms with Crippen LogP contribution in [-0.2, 0) is 19.6 Å². The molecular weight excluding hydrogens is 374 g/mol. The van der Waals surface area contributed by atoms with Gasteiger partial charge in [0.25, 0.3) is 15.7 Å². The molecule has 10 heteroatoms. The summed E-state index contributed by atoms with van der Waals surface area (Å²) in [6, 6.07) is 11.1. The lowest BCUT2D eigenvalue weighted by Gasteiger charge is -2.06. The maximum Gasteiger partial charge on any atom is 0.276 e. The molecule has 0 saturated carbocycles. The zero-order valence-corrected chi connectivity index (χ0v) is 14.9. The van der Waals surface area contributed by atoms with Crippen molar-refractivity contribution < 1.29 is 22.9 Å². The Balaban J connectivity index is 2.09. The first kappa shape index (κ1) is 19.8. The molecule has 2 aromatic carbocycles. The number of carbonyl (C=O) groups is 2. The third-order valence-electron chi connectivity index (χ3n) is 3.26. The van der Waals surface area contributed by atoms with Crippen LogP contribution in [0.3, 0.4) is 0 Å². The van der Waals surface area contributed by atoms with Crippen molar-refractivity contribution in [1.29, 1.82) is 0 Å². The molecule has 2 aromatic rings. The number of anilines is 1. The highest BCUT2D eigenvalue weighted by Crippen LogP contribution is 2.19. The molecule has 0 unspecified atom stereocenters. The highest BCUT2D eigenvalue weighted by molar-refractivity contribution is 7.90. The van der Waals surface area contributed by atoms with E-state index in [1.54, 1.807) is 6.07 Å². The van der Waals surface area contributed by atoms with Crippen LogP contribution in [0, 0.1) is 10.1 Å². The highest BCUT2D eigenvalue weighted by atomic mass is 32.2. The number of nitrogens with one attached hydrogen (secondary N) is 2. The zero-order valence-electron chi connectivity index (χ0n) is 14.1. The van der Waals surface area contributed by atoms with E-state index in [9.17, 15) is 28.1 Å². The molecule has 0 radical (unpaired) electrons. The van der Waals surface area contributed by atoms with Gasteiger partial charge >= 0.3 is 0 Å². The minimum absolute atomic E-state index is 0.130. The van der Waals surface area contributed by atoms with Crippen LogP contribution in [0.1, 0.15) is 12.5 Å². The molecule has 2 amide bonds. The summed E-state index contributed by atoms with van der Waals surface area (Å²) in [4.78, 5) is 33.1. The van der Waals surface area contributed by atoms with Gasteiger partial charge in [0.2, 0.25) is 11.8 Å². The average molecular weight is 389 g/mol. The molecule has 2 N–H and O–H groups in total. The summed E-state index contributed by atoms with van der Waals surface area (Å²) in [6.07, 6.45) is 2.44. The number of amides is 2. The largest absolute Gasteiger partial charge is 0.323 e. The smallest absolute Gasteiger partial charge is 0.276 e. The Labute approximate surface area is 154 Å². The van der Waals surface area contributed by atoms with Crippen LogP contribution < -0.4 is 10.0 Å². The lowest BCUT2D eigenvalue weighted by molar-refractivity contribution is -0.385. The lowest BCUT2D eigenvalue weighted by Crippen LogP contribution is -2.28. The summed E-state index contributed by atoms with van der Waals surface area (Å²) in [7, 11) is -3.95. The Kier molecular flexibility index (Phi) is 6.03. The number of hydrogen-bond acceptors (Lipinski definition) is 6. The second-order valence-electron chi connectivity index (χ2n) is 5.32. The summed E-state index contributed by atoms with van der Waals surface area (Å²) in [5.41, 5.74) is 0.456. The number of carbonyl (C=O) groups excluding carboxylic acids is 2. The zero-order chi connectivity index (χ0) is 20.0. The van der Waals surface area contributed by atoms with Crippen LogP contribution in [0.25, 0.3) is 6.08 Å². The predicted molar refractivity (Wildman–Crippen MR) is 98.2 cm³/mol. The van der Waals surface area contributed by atoms with Gasteiger partial charge in [-0.05, 0) is 36.4 Å². The van der Waals surface area contributed by atoms with Gasteiger partial charge in [-0.3, -0.25) is 19.7 Å². The fourth-order valence-electron chi connectivity index (χ4n) is 2.11. The van der Waals surface area contributed by atoms with E-state index in [1.165, 1.54) is 48.5 Å². The topological polar surface area (TPSA) is 135 Å². The molecule has 0 aliphatic rings. The van der Waals surface area contributed by atoms with Gasteiger partial charge in [-0.25, -0.2) is 13.1 Å². The summed E-state index contributed by atoms with van der Waals surface area (Å²) in [5, 5.41) is 13.4. The van der Waals surface area contributed by atoms with Crippen LogP contribution in [-0.4, -0.2) is 25.2 Å². The van der Waals surface area contributed by atoms with E-state index in [2.05, 4.69) is 5.32 Å². The summed E-state index contributed by atoms with van der Waals surface area (Å²) < 4.78 is 25.5. The first-order valence-corrected chi connectivity index (χ1v) is 9.03. The van der Waals surface area contributed by atoms with E-state index in [-0.39, 0.29) is 16.1 Å². The van der Waals surface area contributed by atoms with Gasteiger partial charge in [0.05, 0.1) is 15.4 Å². The second kappa shape index (κ2) is 8.23. The quantitative estimate of drug-likeness (QED) is 0.441. The van der Waals surface area contributed by atoms with Gasteiger partial charge in [-0.2, -0.15) is 0 Å². The molecule has 0 aromatic heterocycles. The first-order chi connectivity index (χ1) is 12.7. The van der Waals surface area contributed by atoms with Gasteiger partial charge in [0.1, 0.15) is 0 Å². The third-order valence-corrected chi connectivity index (χ3v) is 4.71. The molecular formula is C17H15N3O6S. The molecule has 0 atom stereocenters. The molecule has 27 heavy (non-hydrogen) atoms. The molecule has 0 heterocycles.